The molecule has 5 heteroatoms. The number of para-hydroxylation sites is 1. The van der Waals surface area contributed by atoms with Gasteiger partial charge in [0.2, 0.25) is 0 Å². The van der Waals surface area contributed by atoms with Gasteiger partial charge >= 0.3 is 5.97 Å². The van der Waals surface area contributed by atoms with Crippen molar-refractivity contribution < 1.29 is 14.3 Å². The number of methoxy groups -OCH3 is 1. The van der Waals surface area contributed by atoms with Gasteiger partial charge in [-0.3, -0.25) is 0 Å². The van der Waals surface area contributed by atoms with E-state index >= 15 is 0 Å². The van der Waals surface area contributed by atoms with E-state index in [1.54, 1.807) is 26.2 Å². The van der Waals surface area contributed by atoms with E-state index in [1.165, 1.54) is 0 Å². The lowest BCUT2D eigenvalue weighted by Gasteiger charge is -2.24. The van der Waals surface area contributed by atoms with E-state index in [4.69, 9.17) is 15.2 Å². The maximum absolute atomic E-state index is 11.7. The maximum atomic E-state index is 11.7. The summed E-state index contributed by atoms with van der Waals surface area (Å²) >= 11 is 0. The lowest BCUT2D eigenvalue weighted by molar-refractivity contribution is 0.0344. The van der Waals surface area contributed by atoms with Crippen molar-refractivity contribution in [2.24, 2.45) is 0 Å². The van der Waals surface area contributed by atoms with Gasteiger partial charge in [-0.25, -0.2) is 4.79 Å². The predicted octanol–water partition coefficient (Wildman–Crippen LogP) is 2.28. The van der Waals surface area contributed by atoms with Crippen molar-refractivity contribution in [3.8, 4) is 0 Å². The highest BCUT2D eigenvalue weighted by molar-refractivity contribution is 5.98. The summed E-state index contributed by atoms with van der Waals surface area (Å²) in [5, 5.41) is 3.18. The molecule has 0 heterocycles. The van der Waals surface area contributed by atoms with Gasteiger partial charge in [0.1, 0.15) is 0 Å². The Kier molecular flexibility index (Phi) is 5.18. The predicted molar refractivity (Wildman–Crippen MR) is 76.4 cm³/mol. The number of carbonyl (C=O) groups excluding carboxylic acids is 1. The zero-order chi connectivity index (χ0) is 14.5. The maximum Gasteiger partial charge on any atom is 0.340 e. The van der Waals surface area contributed by atoms with Crippen LogP contribution in [-0.2, 0) is 9.47 Å². The molecule has 0 spiro atoms. The third kappa shape index (κ3) is 4.13. The summed E-state index contributed by atoms with van der Waals surface area (Å²) < 4.78 is 10.3. The second-order valence-corrected chi connectivity index (χ2v) is 4.80. The summed E-state index contributed by atoms with van der Waals surface area (Å²) in [6, 6.07) is 5.24. The average Bonchev–Trinajstić information content (AvgIpc) is 2.38. The monoisotopic (exact) mass is 266 g/mol. The zero-order valence-electron chi connectivity index (χ0n) is 11.9. The van der Waals surface area contributed by atoms with E-state index in [1.807, 2.05) is 19.9 Å². The molecule has 5 nitrogen and oxygen atoms in total. The first-order chi connectivity index (χ1) is 8.91. The molecule has 106 valence electrons. The van der Waals surface area contributed by atoms with E-state index in [0.717, 1.165) is 0 Å². The minimum atomic E-state index is -0.408. The van der Waals surface area contributed by atoms with E-state index < -0.39 is 5.97 Å². The molecule has 0 aromatic heterocycles. The highest BCUT2D eigenvalue weighted by Gasteiger charge is 2.18. The number of hydrogen-bond donors (Lipinski definition) is 2. The third-order valence-corrected chi connectivity index (χ3v) is 2.86. The Morgan fingerprint density at radius 2 is 2.11 bits per heavy atom. The van der Waals surface area contributed by atoms with Gasteiger partial charge in [-0.2, -0.15) is 0 Å². The van der Waals surface area contributed by atoms with Crippen LogP contribution in [0.15, 0.2) is 18.2 Å². The Morgan fingerprint density at radius 3 is 2.68 bits per heavy atom. The van der Waals surface area contributed by atoms with Gasteiger partial charge in [-0.15, -0.1) is 0 Å². The first-order valence-corrected chi connectivity index (χ1v) is 6.26. The van der Waals surface area contributed by atoms with Crippen molar-refractivity contribution >= 4 is 17.3 Å². The van der Waals surface area contributed by atoms with Crippen LogP contribution < -0.4 is 11.1 Å². The van der Waals surface area contributed by atoms with E-state index in [-0.39, 0.29) is 5.60 Å². The largest absolute Gasteiger partial charge is 0.462 e. The SMILES string of the molecule is CCOC(=O)c1cccc(NCC(C)(C)OC)c1N. The molecule has 1 aromatic carbocycles. The average molecular weight is 266 g/mol. The first kappa shape index (κ1) is 15.3. The van der Waals surface area contributed by atoms with Crippen LogP contribution in [0.3, 0.4) is 0 Å². The van der Waals surface area contributed by atoms with Gasteiger partial charge in [0.05, 0.1) is 29.1 Å². The van der Waals surface area contributed by atoms with Crippen LogP contribution in [0, 0.1) is 0 Å². The number of nitrogen functional groups attached to an aromatic ring is 1. The Labute approximate surface area is 114 Å². The number of anilines is 2. The number of esters is 1. The molecule has 0 aliphatic carbocycles. The Hall–Kier alpha value is -1.75. The Morgan fingerprint density at radius 1 is 1.42 bits per heavy atom. The molecule has 0 amide bonds. The molecular formula is C14H22N2O3. The summed E-state index contributed by atoms with van der Waals surface area (Å²) in [6.45, 7) is 6.60. The molecule has 0 bridgehead atoms. The molecule has 0 radical (unpaired) electrons. The minimum Gasteiger partial charge on any atom is -0.462 e. The van der Waals surface area contributed by atoms with Crippen molar-refractivity contribution in [3.05, 3.63) is 23.8 Å². The third-order valence-electron chi connectivity index (χ3n) is 2.86. The summed E-state index contributed by atoms with van der Waals surface area (Å²) in [7, 11) is 1.65. The molecule has 0 atom stereocenters. The van der Waals surface area contributed by atoms with Crippen LogP contribution in [0.4, 0.5) is 11.4 Å². The fourth-order valence-electron chi connectivity index (χ4n) is 1.49. The normalized spacial score (nSPS) is 11.2. The second kappa shape index (κ2) is 6.43. The van der Waals surface area contributed by atoms with Gasteiger partial charge in [0.15, 0.2) is 0 Å². The molecule has 0 aliphatic heterocycles. The van der Waals surface area contributed by atoms with Gasteiger partial charge in [-0.05, 0) is 32.9 Å². The molecule has 0 aliphatic rings. The van der Waals surface area contributed by atoms with Gasteiger partial charge in [-0.1, -0.05) is 6.07 Å². The Balaban J connectivity index is 2.86. The van der Waals surface area contributed by atoms with E-state index in [2.05, 4.69) is 5.32 Å². The molecule has 1 rings (SSSR count). The van der Waals surface area contributed by atoms with Crippen molar-refractivity contribution in [2.75, 3.05) is 31.3 Å². The number of carbonyl (C=O) groups is 1. The van der Waals surface area contributed by atoms with Crippen molar-refractivity contribution in [1.82, 2.24) is 0 Å². The number of rotatable bonds is 6. The second-order valence-electron chi connectivity index (χ2n) is 4.80. The number of ether oxygens (including phenoxy) is 2. The Bertz CT molecular complexity index is 444. The summed E-state index contributed by atoms with van der Waals surface area (Å²) in [6.07, 6.45) is 0. The standard InChI is InChI=1S/C14H22N2O3/c1-5-19-13(17)10-7-6-8-11(12(10)15)16-9-14(2,3)18-4/h6-8,16H,5,9,15H2,1-4H3. The van der Waals surface area contributed by atoms with Crippen LogP contribution in [0.2, 0.25) is 0 Å². The lowest BCUT2D eigenvalue weighted by Crippen LogP contribution is -2.32. The van der Waals surface area contributed by atoms with Crippen LogP contribution in [0.25, 0.3) is 0 Å². The van der Waals surface area contributed by atoms with E-state index in [9.17, 15) is 4.79 Å². The van der Waals surface area contributed by atoms with Crippen LogP contribution in [-0.4, -0.2) is 31.8 Å². The molecule has 0 unspecified atom stereocenters. The molecule has 0 saturated heterocycles. The number of benzene rings is 1. The highest BCUT2D eigenvalue weighted by atomic mass is 16.5. The summed E-state index contributed by atoms with van der Waals surface area (Å²) in [5.41, 5.74) is 7.15. The smallest absolute Gasteiger partial charge is 0.340 e. The molecule has 0 fully saturated rings. The molecule has 0 saturated carbocycles. The molecule has 1 aromatic rings. The van der Waals surface area contributed by atoms with Gasteiger partial charge in [0, 0.05) is 13.7 Å². The zero-order valence-corrected chi connectivity index (χ0v) is 11.9. The fraction of sp³-hybridized carbons (Fsp3) is 0.500. The first-order valence-electron chi connectivity index (χ1n) is 6.26. The topological polar surface area (TPSA) is 73.6 Å². The van der Waals surface area contributed by atoms with Gasteiger partial charge in [0.25, 0.3) is 0 Å². The minimum absolute atomic E-state index is 0.313. The van der Waals surface area contributed by atoms with Crippen molar-refractivity contribution in [3.63, 3.8) is 0 Å². The highest BCUT2D eigenvalue weighted by Crippen LogP contribution is 2.24. The van der Waals surface area contributed by atoms with Crippen LogP contribution >= 0.6 is 0 Å². The molecule has 3 N–H and O–H groups in total. The van der Waals surface area contributed by atoms with Crippen LogP contribution in [0.1, 0.15) is 31.1 Å². The summed E-state index contributed by atoms with van der Waals surface area (Å²) in [5.74, 6) is -0.408. The quantitative estimate of drug-likeness (QED) is 0.610. The molecule has 19 heavy (non-hydrogen) atoms. The van der Waals surface area contributed by atoms with Gasteiger partial charge < -0.3 is 20.5 Å². The van der Waals surface area contributed by atoms with E-state index in [0.29, 0.717) is 30.1 Å². The van der Waals surface area contributed by atoms with Crippen molar-refractivity contribution in [2.45, 2.75) is 26.4 Å². The number of nitrogens with two attached hydrogens (primary N) is 1. The number of nitrogens with one attached hydrogen (secondary N) is 1. The van der Waals surface area contributed by atoms with Crippen LogP contribution in [0.5, 0.6) is 0 Å². The lowest BCUT2D eigenvalue weighted by atomic mass is 10.1. The number of hydrogen-bond acceptors (Lipinski definition) is 5. The summed E-state index contributed by atoms with van der Waals surface area (Å²) in [4.78, 5) is 11.7. The fourth-order valence-corrected chi connectivity index (χ4v) is 1.49. The molecular weight excluding hydrogens is 244 g/mol. The van der Waals surface area contributed by atoms with Crippen molar-refractivity contribution in [1.29, 1.82) is 0 Å².